The highest BCUT2D eigenvalue weighted by molar-refractivity contribution is 8.18. The van der Waals surface area contributed by atoms with Crippen LogP contribution in [0.2, 0.25) is 10.0 Å². The molecule has 0 N–H and O–H groups in total. The van der Waals surface area contributed by atoms with Crippen LogP contribution in [0.15, 0.2) is 47.4 Å². The molecule has 0 atom stereocenters. The van der Waals surface area contributed by atoms with E-state index in [9.17, 15) is 9.59 Å². The molecule has 1 saturated heterocycles. The molecule has 1 fully saturated rings. The van der Waals surface area contributed by atoms with Crippen molar-refractivity contribution in [1.29, 1.82) is 0 Å². The predicted octanol–water partition coefficient (Wildman–Crippen LogP) is 5.54. The third kappa shape index (κ3) is 3.66. The molecule has 3 nitrogen and oxygen atoms in total. The molecule has 3 rings (SSSR count). The highest BCUT2D eigenvalue weighted by Crippen LogP contribution is 2.34. The molecular formula is C18H13Cl2NO2S. The maximum Gasteiger partial charge on any atom is 0.293 e. The van der Waals surface area contributed by atoms with Gasteiger partial charge in [0.15, 0.2) is 0 Å². The number of imide groups is 1. The Morgan fingerprint density at radius 1 is 1.08 bits per heavy atom. The molecule has 122 valence electrons. The van der Waals surface area contributed by atoms with Crippen LogP contribution in [-0.4, -0.2) is 16.0 Å². The van der Waals surface area contributed by atoms with Gasteiger partial charge in [0.25, 0.3) is 11.1 Å². The Hall–Kier alpha value is -1.75. The molecule has 2 amide bonds. The van der Waals surface area contributed by atoms with E-state index in [0.717, 1.165) is 22.9 Å². The van der Waals surface area contributed by atoms with Gasteiger partial charge in [-0.05, 0) is 48.0 Å². The van der Waals surface area contributed by atoms with Gasteiger partial charge in [-0.2, -0.15) is 0 Å². The Bertz CT molecular complexity index is 847. The van der Waals surface area contributed by atoms with E-state index in [1.165, 1.54) is 4.90 Å². The lowest BCUT2D eigenvalue weighted by molar-refractivity contribution is -0.123. The normalized spacial score (nSPS) is 16.3. The molecule has 1 heterocycles. The minimum atomic E-state index is -0.309. The molecule has 0 saturated carbocycles. The third-order valence-electron chi connectivity index (χ3n) is 3.58. The SMILES string of the molecule is Cc1ccc(CN2C(=O)S/C(=C/c3ccc(Cl)cc3Cl)C2=O)cc1. The number of benzene rings is 2. The van der Waals surface area contributed by atoms with Crippen LogP contribution >= 0.6 is 35.0 Å². The Morgan fingerprint density at radius 2 is 1.79 bits per heavy atom. The summed E-state index contributed by atoms with van der Waals surface area (Å²) < 4.78 is 0. The molecule has 1 aliphatic rings. The Kier molecular flexibility index (Phi) is 4.99. The van der Waals surface area contributed by atoms with E-state index in [0.29, 0.717) is 20.5 Å². The summed E-state index contributed by atoms with van der Waals surface area (Å²) in [6.07, 6.45) is 1.62. The number of halogens is 2. The first-order chi connectivity index (χ1) is 11.4. The van der Waals surface area contributed by atoms with Crippen molar-refractivity contribution in [2.24, 2.45) is 0 Å². The fraction of sp³-hybridized carbons (Fsp3) is 0.111. The lowest BCUT2D eigenvalue weighted by Crippen LogP contribution is -2.27. The summed E-state index contributed by atoms with van der Waals surface area (Å²) >= 11 is 12.9. The van der Waals surface area contributed by atoms with Gasteiger partial charge >= 0.3 is 0 Å². The summed E-state index contributed by atoms with van der Waals surface area (Å²) in [5.74, 6) is -0.309. The average Bonchev–Trinajstić information content (AvgIpc) is 2.80. The molecule has 0 aliphatic carbocycles. The Morgan fingerprint density at radius 3 is 2.46 bits per heavy atom. The van der Waals surface area contributed by atoms with Gasteiger partial charge in [0, 0.05) is 10.0 Å². The lowest BCUT2D eigenvalue weighted by Gasteiger charge is -2.12. The monoisotopic (exact) mass is 377 g/mol. The van der Waals surface area contributed by atoms with Crippen molar-refractivity contribution < 1.29 is 9.59 Å². The number of carbonyl (C=O) groups excluding carboxylic acids is 2. The molecule has 0 radical (unpaired) electrons. The molecule has 6 heteroatoms. The highest BCUT2D eigenvalue weighted by atomic mass is 35.5. The van der Waals surface area contributed by atoms with Crippen molar-refractivity contribution >= 4 is 52.2 Å². The van der Waals surface area contributed by atoms with Crippen LogP contribution in [-0.2, 0) is 11.3 Å². The fourth-order valence-electron chi connectivity index (χ4n) is 2.27. The first-order valence-electron chi connectivity index (χ1n) is 7.20. The van der Waals surface area contributed by atoms with E-state index < -0.39 is 0 Å². The average molecular weight is 378 g/mol. The smallest absolute Gasteiger partial charge is 0.268 e. The molecule has 2 aromatic carbocycles. The summed E-state index contributed by atoms with van der Waals surface area (Å²) in [6, 6.07) is 12.8. The molecule has 0 aromatic heterocycles. The summed E-state index contributed by atoms with van der Waals surface area (Å²) in [6.45, 7) is 2.25. The van der Waals surface area contributed by atoms with Gasteiger partial charge < -0.3 is 0 Å². The predicted molar refractivity (Wildman–Crippen MR) is 99.2 cm³/mol. The van der Waals surface area contributed by atoms with E-state index in [1.807, 2.05) is 31.2 Å². The molecular weight excluding hydrogens is 365 g/mol. The van der Waals surface area contributed by atoms with Crippen LogP contribution in [0.1, 0.15) is 16.7 Å². The number of hydrogen-bond acceptors (Lipinski definition) is 3. The van der Waals surface area contributed by atoms with Crippen molar-refractivity contribution in [3.8, 4) is 0 Å². The minimum Gasteiger partial charge on any atom is -0.268 e. The maximum atomic E-state index is 12.5. The van der Waals surface area contributed by atoms with Crippen molar-refractivity contribution in [3.63, 3.8) is 0 Å². The first-order valence-corrected chi connectivity index (χ1v) is 8.77. The summed E-state index contributed by atoms with van der Waals surface area (Å²) in [7, 11) is 0. The van der Waals surface area contributed by atoms with Gasteiger partial charge in [-0.1, -0.05) is 59.1 Å². The van der Waals surface area contributed by atoms with Crippen LogP contribution in [0.3, 0.4) is 0 Å². The second kappa shape index (κ2) is 7.01. The number of nitrogens with zero attached hydrogens (tertiary/aromatic N) is 1. The minimum absolute atomic E-state index is 0.261. The fourth-order valence-corrected chi connectivity index (χ4v) is 3.56. The van der Waals surface area contributed by atoms with E-state index in [2.05, 4.69) is 0 Å². The van der Waals surface area contributed by atoms with Crippen molar-refractivity contribution in [2.75, 3.05) is 0 Å². The van der Waals surface area contributed by atoms with E-state index in [-0.39, 0.29) is 17.7 Å². The number of aryl methyl sites for hydroxylation is 1. The number of thioether (sulfide) groups is 1. The molecule has 0 spiro atoms. The van der Waals surface area contributed by atoms with Gasteiger partial charge in [-0.15, -0.1) is 0 Å². The zero-order chi connectivity index (χ0) is 17.3. The summed E-state index contributed by atoms with van der Waals surface area (Å²) in [5.41, 5.74) is 2.70. The van der Waals surface area contributed by atoms with Gasteiger partial charge in [-0.3, -0.25) is 14.5 Å². The molecule has 2 aromatic rings. The second-order valence-corrected chi connectivity index (χ2v) is 7.26. The Balaban J connectivity index is 1.83. The molecule has 1 aliphatic heterocycles. The zero-order valence-corrected chi connectivity index (χ0v) is 15.1. The van der Waals surface area contributed by atoms with Crippen LogP contribution < -0.4 is 0 Å². The van der Waals surface area contributed by atoms with Gasteiger partial charge in [0.2, 0.25) is 0 Å². The van der Waals surface area contributed by atoms with Gasteiger partial charge in [0.1, 0.15) is 0 Å². The quantitative estimate of drug-likeness (QED) is 0.659. The largest absolute Gasteiger partial charge is 0.293 e. The van der Waals surface area contributed by atoms with E-state index in [4.69, 9.17) is 23.2 Å². The van der Waals surface area contributed by atoms with Crippen LogP contribution in [0.25, 0.3) is 6.08 Å². The van der Waals surface area contributed by atoms with Gasteiger partial charge in [-0.25, -0.2) is 0 Å². The summed E-state index contributed by atoms with van der Waals surface area (Å²) in [5, 5.41) is 0.675. The molecule has 0 bridgehead atoms. The number of amides is 2. The topological polar surface area (TPSA) is 37.4 Å². The van der Waals surface area contributed by atoms with Crippen LogP contribution in [0.5, 0.6) is 0 Å². The molecule has 24 heavy (non-hydrogen) atoms. The third-order valence-corrected chi connectivity index (χ3v) is 5.05. The van der Waals surface area contributed by atoms with E-state index >= 15 is 0 Å². The second-order valence-electron chi connectivity index (χ2n) is 5.42. The Labute approximate surface area is 154 Å². The summed E-state index contributed by atoms with van der Waals surface area (Å²) in [4.78, 5) is 26.3. The van der Waals surface area contributed by atoms with Crippen LogP contribution in [0, 0.1) is 6.92 Å². The zero-order valence-electron chi connectivity index (χ0n) is 12.8. The highest BCUT2D eigenvalue weighted by Gasteiger charge is 2.35. The van der Waals surface area contributed by atoms with Crippen LogP contribution in [0.4, 0.5) is 4.79 Å². The lowest BCUT2D eigenvalue weighted by atomic mass is 10.1. The van der Waals surface area contributed by atoms with Crippen molar-refractivity contribution in [1.82, 2.24) is 4.90 Å². The maximum absolute atomic E-state index is 12.5. The van der Waals surface area contributed by atoms with Gasteiger partial charge in [0.05, 0.1) is 11.4 Å². The number of rotatable bonds is 3. The molecule has 0 unspecified atom stereocenters. The standard InChI is InChI=1S/C18H13Cl2NO2S/c1-11-2-4-12(5-3-11)10-21-17(22)16(24-18(21)23)8-13-6-7-14(19)9-15(13)20/h2-9H,10H2,1H3/b16-8+. The van der Waals surface area contributed by atoms with Crippen molar-refractivity contribution in [2.45, 2.75) is 13.5 Å². The first kappa shape index (κ1) is 17.1. The number of carbonyl (C=O) groups is 2. The number of hydrogen-bond donors (Lipinski definition) is 0. The van der Waals surface area contributed by atoms with E-state index in [1.54, 1.807) is 24.3 Å². The van der Waals surface area contributed by atoms with Crippen molar-refractivity contribution in [3.05, 3.63) is 74.1 Å².